The van der Waals surface area contributed by atoms with Crippen molar-refractivity contribution in [3.05, 3.63) is 64.9 Å². The van der Waals surface area contributed by atoms with Crippen LogP contribution in [0.25, 0.3) is 0 Å². The number of amides is 1. The molecule has 7 heteroatoms. The Bertz CT molecular complexity index is 850. The Kier molecular flexibility index (Phi) is 5.08. The largest absolute Gasteiger partial charge is 0.317 e. The summed E-state index contributed by atoms with van der Waals surface area (Å²) >= 11 is 1.59. The highest BCUT2D eigenvalue weighted by Crippen LogP contribution is 2.31. The molecule has 3 aromatic rings. The molecule has 0 spiro atoms. The average molecular weight is 367 g/mol. The molecule has 0 saturated carbocycles. The fourth-order valence-corrected chi connectivity index (χ4v) is 4.13. The van der Waals surface area contributed by atoms with E-state index in [0.29, 0.717) is 23.2 Å². The zero-order valence-electron chi connectivity index (χ0n) is 14.4. The van der Waals surface area contributed by atoms with Gasteiger partial charge in [-0.05, 0) is 55.6 Å². The summed E-state index contributed by atoms with van der Waals surface area (Å²) < 4.78 is 1.85. The van der Waals surface area contributed by atoms with E-state index in [-0.39, 0.29) is 5.91 Å². The number of benzene rings is 1. The van der Waals surface area contributed by atoms with Crippen molar-refractivity contribution in [2.24, 2.45) is 0 Å². The maximum atomic E-state index is 12.5. The van der Waals surface area contributed by atoms with Crippen molar-refractivity contribution in [3.8, 4) is 0 Å². The minimum Gasteiger partial charge on any atom is -0.317 e. The molecule has 3 heterocycles. The lowest BCUT2D eigenvalue weighted by Crippen LogP contribution is -2.26. The van der Waals surface area contributed by atoms with Crippen LogP contribution >= 0.6 is 11.3 Å². The minimum absolute atomic E-state index is 0.123. The number of hydrogen-bond acceptors (Lipinski definition) is 5. The van der Waals surface area contributed by atoms with Crippen molar-refractivity contribution in [3.63, 3.8) is 0 Å². The summed E-state index contributed by atoms with van der Waals surface area (Å²) in [7, 11) is 0. The van der Waals surface area contributed by atoms with Crippen LogP contribution in [-0.4, -0.2) is 33.8 Å². The van der Waals surface area contributed by atoms with Gasteiger partial charge in [0.15, 0.2) is 5.13 Å². The van der Waals surface area contributed by atoms with Crippen LogP contribution < -0.4 is 10.6 Å². The molecular weight excluding hydrogens is 346 g/mol. The molecule has 4 rings (SSSR count). The van der Waals surface area contributed by atoms with E-state index in [1.54, 1.807) is 17.5 Å². The Morgan fingerprint density at radius 2 is 2.08 bits per heavy atom. The molecule has 6 nitrogen and oxygen atoms in total. The molecule has 0 radical (unpaired) electrons. The van der Waals surface area contributed by atoms with Gasteiger partial charge in [-0.25, -0.2) is 4.98 Å². The smallest absolute Gasteiger partial charge is 0.257 e. The van der Waals surface area contributed by atoms with Crippen LogP contribution in [-0.2, 0) is 6.54 Å². The summed E-state index contributed by atoms with van der Waals surface area (Å²) in [6.45, 7) is 2.80. The second kappa shape index (κ2) is 7.80. The summed E-state index contributed by atoms with van der Waals surface area (Å²) in [6.07, 6.45) is 7.85. The van der Waals surface area contributed by atoms with E-state index in [1.165, 1.54) is 4.88 Å². The molecule has 2 aromatic heterocycles. The standard InChI is InChI=1S/C19H21N5OS/c25-18(16-4-2-14(3-5-16)13-24-11-1-8-22-24)23-19-21-12-17(26-19)15-6-9-20-10-7-15/h1-5,8,11-12,15,20H,6-7,9-10,13H2,(H,21,23,25). The first-order valence-electron chi connectivity index (χ1n) is 8.82. The van der Waals surface area contributed by atoms with Crippen LogP contribution in [0.3, 0.4) is 0 Å². The number of carbonyl (C=O) groups excluding carboxylic acids is 1. The molecule has 1 aliphatic rings. The van der Waals surface area contributed by atoms with E-state index in [2.05, 4.69) is 20.7 Å². The van der Waals surface area contributed by atoms with Crippen LogP contribution in [0.4, 0.5) is 5.13 Å². The Hall–Kier alpha value is -2.51. The van der Waals surface area contributed by atoms with Gasteiger partial charge in [0, 0.05) is 29.0 Å². The first-order chi connectivity index (χ1) is 12.8. The third kappa shape index (κ3) is 4.00. The summed E-state index contributed by atoms with van der Waals surface area (Å²) in [5, 5.41) is 11.2. The molecule has 26 heavy (non-hydrogen) atoms. The van der Waals surface area contributed by atoms with Crippen LogP contribution in [0.1, 0.15) is 39.6 Å². The number of hydrogen-bond donors (Lipinski definition) is 2. The molecule has 2 N–H and O–H groups in total. The Labute approximate surface area is 156 Å². The molecule has 1 fully saturated rings. The first kappa shape index (κ1) is 16.9. The first-order valence-corrected chi connectivity index (χ1v) is 9.64. The van der Waals surface area contributed by atoms with Crippen LogP contribution in [0.5, 0.6) is 0 Å². The number of anilines is 1. The maximum Gasteiger partial charge on any atom is 0.257 e. The predicted octanol–water partition coefficient (Wildman–Crippen LogP) is 3.11. The molecule has 0 unspecified atom stereocenters. The molecule has 0 atom stereocenters. The predicted molar refractivity (Wildman–Crippen MR) is 103 cm³/mol. The Balaban J connectivity index is 1.37. The lowest BCUT2D eigenvalue weighted by atomic mass is 9.97. The maximum absolute atomic E-state index is 12.5. The number of nitrogens with zero attached hydrogens (tertiary/aromatic N) is 3. The zero-order chi connectivity index (χ0) is 17.8. The van der Waals surface area contributed by atoms with Gasteiger partial charge in [0.05, 0.1) is 6.54 Å². The van der Waals surface area contributed by atoms with Gasteiger partial charge in [-0.1, -0.05) is 12.1 Å². The van der Waals surface area contributed by atoms with Crippen molar-refractivity contribution < 1.29 is 4.79 Å². The van der Waals surface area contributed by atoms with E-state index in [1.807, 2.05) is 47.4 Å². The van der Waals surface area contributed by atoms with Gasteiger partial charge >= 0.3 is 0 Å². The number of rotatable bonds is 5. The Morgan fingerprint density at radius 3 is 2.81 bits per heavy atom. The highest BCUT2D eigenvalue weighted by atomic mass is 32.1. The van der Waals surface area contributed by atoms with Gasteiger partial charge < -0.3 is 5.32 Å². The summed E-state index contributed by atoms with van der Waals surface area (Å²) in [5.41, 5.74) is 1.74. The zero-order valence-corrected chi connectivity index (χ0v) is 15.2. The molecule has 1 amide bonds. The fraction of sp³-hybridized carbons (Fsp3) is 0.316. The molecule has 0 aliphatic carbocycles. The topological polar surface area (TPSA) is 71.8 Å². The second-order valence-electron chi connectivity index (χ2n) is 6.45. The normalized spacial score (nSPS) is 15.1. The van der Waals surface area contributed by atoms with E-state index >= 15 is 0 Å². The average Bonchev–Trinajstić information content (AvgIpc) is 3.35. The van der Waals surface area contributed by atoms with Crippen molar-refractivity contribution in [1.82, 2.24) is 20.1 Å². The summed E-state index contributed by atoms with van der Waals surface area (Å²) in [5.74, 6) is 0.433. The van der Waals surface area contributed by atoms with Gasteiger partial charge in [0.2, 0.25) is 0 Å². The van der Waals surface area contributed by atoms with Gasteiger partial charge in [0.1, 0.15) is 0 Å². The summed E-state index contributed by atoms with van der Waals surface area (Å²) in [6, 6.07) is 9.50. The van der Waals surface area contributed by atoms with Crippen LogP contribution in [0, 0.1) is 0 Å². The van der Waals surface area contributed by atoms with Crippen LogP contribution in [0.15, 0.2) is 48.9 Å². The molecule has 134 valence electrons. The lowest BCUT2D eigenvalue weighted by molar-refractivity contribution is 0.102. The lowest BCUT2D eigenvalue weighted by Gasteiger charge is -2.20. The summed E-state index contributed by atoms with van der Waals surface area (Å²) in [4.78, 5) is 18.1. The van der Waals surface area contributed by atoms with Crippen molar-refractivity contribution in [1.29, 1.82) is 0 Å². The second-order valence-corrected chi connectivity index (χ2v) is 7.51. The highest BCUT2D eigenvalue weighted by molar-refractivity contribution is 7.15. The molecular formula is C19H21N5OS. The van der Waals surface area contributed by atoms with Gasteiger partial charge in [-0.3, -0.25) is 14.8 Å². The van der Waals surface area contributed by atoms with Gasteiger partial charge in [-0.2, -0.15) is 5.10 Å². The van der Waals surface area contributed by atoms with E-state index in [9.17, 15) is 4.79 Å². The molecule has 1 saturated heterocycles. The van der Waals surface area contributed by atoms with E-state index < -0.39 is 0 Å². The van der Waals surface area contributed by atoms with Crippen molar-refractivity contribution in [2.75, 3.05) is 18.4 Å². The Morgan fingerprint density at radius 1 is 1.27 bits per heavy atom. The number of piperidine rings is 1. The van der Waals surface area contributed by atoms with Crippen molar-refractivity contribution in [2.45, 2.75) is 25.3 Å². The molecule has 0 bridgehead atoms. The molecule has 1 aromatic carbocycles. The van der Waals surface area contributed by atoms with Crippen molar-refractivity contribution >= 4 is 22.4 Å². The van der Waals surface area contributed by atoms with E-state index in [0.717, 1.165) is 31.5 Å². The highest BCUT2D eigenvalue weighted by Gasteiger charge is 2.18. The van der Waals surface area contributed by atoms with Gasteiger partial charge in [-0.15, -0.1) is 11.3 Å². The van der Waals surface area contributed by atoms with Crippen LogP contribution in [0.2, 0.25) is 0 Å². The van der Waals surface area contributed by atoms with E-state index in [4.69, 9.17) is 0 Å². The third-order valence-corrected chi connectivity index (χ3v) is 5.68. The number of nitrogens with one attached hydrogen (secondary N) is 2. The third-order valence-electron chi connectivity index (χ3n) is 4.61. The quantitative estimate of drug-likeness (QED) is 0.727. The molecule has 1 aliphatic heterocycles. The monoisotopic (exact) mass is 367 g/mol. The fourth-order valence-electron chi connectivity index (χ4n) is 3.15. The minimum atomic E-state index is -0.123. The SMILES string of the molecule is O=C(Nc1ncc(C2CCNCC2)s1)c1ccc(Cn2cccn2)cc1. The number of carbonyl (C=O) groups is 1. The van der Waals surface area contributed by atoms with Gasteiger partial charge in [0.25, 0.3) is 5.91 Å². The number of thiazole rings is 1. The number of aromatic nitrogens is 3.